The molecule has 45 heavy (non-hydrogen) atoms. The molecule has 5 nitrogen and oxygen atoms in total. The minimum absolute atomic E-state index is 0.00127. The van der Waals surface area contributed by atoms with Crippen LogP contribution in [-0.2, 0) is 19.6 Å². The van der Waals surface area contributed by atoms with Crippen LogP contribution in [0.3, 0.4) is 0 Å². The minimum atomic E-state index is 0.00127. The molecule has 2 saturated carbocycles. The normalized spacial score (nSPS) is 16.2. The molecule has 2 aliphatic carbocycles. The van der Waals surface area contributed by atoms with E-state index in [0.717, 1.165) is 36.3 Å². The van der Waals surface area contributed by atoms with Gasteiger partial charge in [-0.2, -0.15) is 0 Å². The number of ether oxygens (including phenoxy) is 1. The highest BCUT2D eigenvalue weighted by Gasteiger charge is 2.19. The quantitative estimate of drug-likeness (QED) is 0.174. The Kier molecular flexibility index (Phi) is 10.9. The van der Waals surface area contributed by atoms with E-state index in [1.54, 1.807) is 6.20 Å². The van der Waals surface area contributed by atoms with Crippen LogP contribution in [0.25, 0.3) is 11.1 Å². The molecule has 0 aliphatic heterocycles. The van der Waals surface area contributed by atoms with Gasteiger partial charge in [-0.15, -0.1) is 0 Å². The SMILES string of the molecule is O=C(c1ccc(OC2CCCCCC2)cc1)N(Cc1ccc(-c2ccc(CNC3CCCCC3)cc2)cc1)Cc1cccnc1. The van der Waals surface area contributed by atoms with Crippen LogP contribution in [0.2, 0.25) is 0 Å². The second-order valence-corrected chi connectivity index (χ2v) is 12.9. The lowest BCUT2D eigenvalue weighted by Gasteiger charge is -2.24. The number of nitrogens with one attached hydrogen (secondary N) is 1. The van der Waals surface area contributed by atoms with Gasteiger partial charge in [-0.25, -0.2) is 0 Å². The number of pyridine rings is 1. The second kappa shape index (κ2) is 15.9. The predicted octanol–water partition coefficient (Wildman–Crippen LogP) is 9.12. The third-order valence-corrected chi connectivity index (χ3v) is 9.40. The fraction of sp³-hybridized carbons (Fsp3) is 0.400. The summed E-state index contributed by atoms with van der Waals surface area (Å²) < 4.78 is 6.28. The molecule has 0 radical (unpaired) electrons. The van der Waals surface area contributed by atoms with Gasteiger partial charge in [-0.3, -0.25) is 9.78 Å². The fourth-order valence-electron chi connectivity index (χ4n) is 6.73. The van der Waals surface area contributed by atoms with E-state index < -0.39 is 0 Å². The lowest BCUT2D eigenvalue weighted by atomic mass is 9.95. The first-order chi connectivity index (χ1) is 22.2. The van der Waals surface area contributed by atoms with Crippen molar-refractivity contribution in [3.8, 4) is 16.9 Å². The summed E-state index contributed by atoms with van der Waals surface area (Å²) in [7, 11) is 0. The van der Waals surface area contributed by atoms with E-state index in [9.17, 15) is 4.79 Å². The lowest BCUT2D eigenvalue weighted by molar-refractivity contribution is 0.0730. The van der Waals surface area contributed by atoms with Crippen LogP contribution in [0, 0.1) is 0 Å². The Labute approximate surface area is 269 Å². The van der Waals surface area contributed by atoms with Crippen molar-refractivity contribution in [3.05, 3.63) is 120 Å². The molecule has 234 valence electrons. The van der Waals surface area contributed by atoms with Crippen molar-refractivity contribution >= 4 is 5.91 Å². The van der Waals surface area contributed by atoms with Gasteiger partial charge in [0.2, 0.25) is 0 Å². The minimum Gasteiger partial charge on any atom is -0.490 e. The monoisotopic (exact) mass is 601 g/mol. The fourth-order valence-corrected chi connectivity index (χ4v) is 6.73. The summed E-state index contributed by atoms with van der Waals surface area (Å²) in [6.45, 7) is 1.94. The first kappa shape index (κ1) is 31.0. The first-order valence-electron chi connectivity index (χ1n) is 17.1. The Bertz CT molecular complexity index is 1460. The number of rotatable bonds is 11. The van der Waals surface area contributed by atoms with Gasteiger partial charge in [0.05, 0.1) is 6.10 Å². The maximum atomic E-state index is 13.8. The third kappa shape index (κ3) is 9.04. The highest BCUT2D eigenvalue weighted by molar-refractivity contribution is 5.94. The Morgan fingerprint density at radius 2 is 1.29 bits per heavy atom. The van der Waals surface area contributed by atoms with E-state index in [4.69, 9.17) is 4.74 Å². The zero-order valence-electron chi connectivity index (χ0n) is 26.5. The van der Waals surface area contributed by atoms with Crippen LogP contribution in [0.5, 0.6) is 5.75 Å². The highest BCUT2D eigenvalue weighted by Crippen LogP contribution is 2.25. The van der Waals surface area contributed by atoms with Crippen molar-refractivity contribution in [2.75, 3.05) is 0 Å². The lowest BCUT2D eigenvalue weighted by Crippen LogP contribution is -2.30. The number of hydrogen-bond acceptors (Lipinski definition) is 4. The molecule has 0 atom stereocenters. The maximum absolute atomic E-state index is 13.8. The van der Waals surface area contributed by atoms with Crippen LogP contribution in [0.4, 0.5) is 0 Å². The number of aromatic nitrogens is 1. The van der Waals surface area contributed by atoms with Crippen molar-refractivity contribution in [1.82, 2.24) is 15.2 Å². The Morgan fingerprint density at radius 3 is 1.93 bits per heavy atom. The van der Waals surface area contributed by atoms with Crippen LogP contribution in [0.15, 0.2) is 97.3 Å². The van der Waals surface area contributed by atoms with Crippen molar-refractivity contribution in [1.29, 1.82) is 0 Å². The predicted molar refractivity (Wildman–Crippen MR) is 182 cm³/mol. The maximum Gasteiger partial charge on any atom is 0.254 e. The number of benzene rings is 3. The van der Waals surface area contributed by atoms with E-state index >= 15 is 0 Å². The summed E-state index contributed by atoms with van der Waals surface area (Å²) >= 11 is 0. The van der Waals surface area contributed by atoms with Crippen molar-refractivity contribution < 1.29 is 9.53 Å². The van der Waals surface area contributed by atoms with Crippen LogP contribution in [0.1, 0.15) is 97.7 Å². The van der Waals surface area contributed by atoms with E-state index in [-0.39, 0.29) is 12.0 Å². The van der Waals surface area contributed by atoms with Crippen LogP contribution < -0.4 is 10.1 Å². The van der Waals surface area contributed by atoms with Crippen molar-refractivity contribution in [3.63, 3.8) is 0 Å². The summed E-state index contributed by atoms with van der Waals surface area (Å²) in [6, 6.07) is 29.8. The Morgan fingerprint density at radius 1 is 0.689 bits per heavy atom. The topological polar surface area (TPSA) is 54.5 Å². The molecule has 0 saturated heterocycles. The molecule has 1 N–H and O–H groups in total. The molecular formula is C40H47N3O2. The van der Waals surface area contributed by atoms with Crippen LogP contribution >= 0.6 is 0 Å². The van der Waals surface area contributed by atoms with Crippen LogP contribution in [-0.4, -0.2) is 27.9 Å². The van der Waals surface area contributed by atoms with E-state index in [2.05, 4.69) is 58.8 Å². The van der Waals surface area contributed by atoms with E-state index in [1.165, 1.54) is 74.5 Å². The molecule has 1 heterocycles. The summed E-state index contributed by atoms with van der Waals surface area (Å²) in [5, 5.41) is 3.74. The Hall–Kier alpha value is -3.96. The molecule has 4 aromatic rings. The van der Waals surface area contributed by atoms with Gasteiger partial charge in [0, 0.05) is 43.6 Å². The van der Waals surface area contributed by atoms with Gasteiger partial charge in [0.25, 0.3) is 5.91 Å². The summed E-state index contributed by atoms with van der Waals surface area (Å²) in [5.41, 5.74) is 6.49. The van der Waals surface area contributed by atoms with Gasteiger partial charge >= 0.3 is 0 Å². The average molecular weight is 602 g/mol. The van der Waals surface area contributed by atoms with Gasteiger partial charge in [-0.1, -0.05) is 86.7 Å². The Balaban J connectivity index is 1.10. The molecule has 2 aliphatic rings. The smallest absolute Gasteiger partial charge is 0.254 e. The molecule has 6 rings (SSSR count). The van der Waals surface area contributed by atoms with Gasteiger partial charge in [-0.05, 0) is 96.7 Å². The molecule has 3 aromatic carbocycles. The number of nitrogens with zero attached hydrogens (tertiary/aromatic N) is 2. The number of carbonyl (C=O) groups excluding carboxylic acids is 1. The van der Waals surface area contributed by atoms with Gasteiger partial charge in [0.15, 0.2) is 0 Å². The number of amides is 1. The average Bonchev–Trinajstić information content (AvgIpc) is 3.37. The summed E-state index contributed by atoms with van der Waals surface area (Å²) in [4.78, 5) is 20.0. The molecule has 1 aromatic heterocycles. The molecule has 0 bridgehead atoms. The molecule has 1 amide bonds. The number of hydrogen-bond donors (Lipinski definition) is 1. The molecule has 0 unspecified atom stereocenters. The molecule has 5 heteroatoms. The zero-order valence-corrected chi connectivity index (χ0v) is 26.5. The number of carbonyl (C=O) groups is 1. The molecular weight excluding hydrogens is 554 g/mol. The standard InChI is InChI=1S/C40H47N3O2/c44-40(36-22-24-39(25-23-36)45-38-12-6-1-2-7-13-38)43(30-33-9-8-26-41-27-33)29-32-16-20-35(21-17-32)34-18-14-31(15-19-34)28-42-37-10-4-3-5-11-37/h8-9,14-27,37-38,42H,1-7,10-13,28-30H2. The second-order valence-electron chi connectivity index (χ2n) is 12.9. The van der Waals surface area contributed by atoms with Crippen molar-refractivity contribution in [2.45, 2.75) is 102 Å². The highest BCUT2D eigenvalue weighted by atomic mass is 16.5. The summed E-state index contributed by atoms with van der Waals surface area (Å²) in [5.74, 6) is 0.850. The van der Waals surface area contributed by atoms with Crippen molar-refractivity contribution in [2.24, 2.45) is 0 Å². The van der Waals surface area contributed by atoms with E-state index in [1.807, 2.05) is 47.5 Å². The van der Waals surface area contributed by atoms with Gasteiger partial charge < -0.3 is 15.0 Å². The van der Waals surface area contributed by atoms with E-state index in [0.29, 0.717) is 24.7 Å². The largest absolute Gasteiger partial charge is 0.490 e. The summed E-state index contributed by atoms with van der Waals surface area (Å²) in [6.07, 6.45) is 17.9. The third-order valence-electron chi connectivity index (χ3n) is 9.40. The first-order valence-corrected chi connectivity index (χ1v) is 17.1. The zero-order chi connectivity index (χ0) is 30.7. The molecule has 2 fully saturated rings. The molecule has 0 spiro atoms. The van der Waals surface area contributed by atoms with Gasteiger partial charge in [0.1, 0.15) is 5.75 Å².